The third kappa shape index (κ3) is 4.36. The highest BCUT2D eigenvalue weighted by atomic mass is 35.5. The van der Waals surface area contributed by atoms with Crippen LogP contribution in [0.5, 0.6) is 0 Å². The van der Waals surface area contributed by atoms with Gasteiger partial charge in [-0.05, 0) is 25.2 Å². The number of aromatic nitrogens is 1. The number of nitrogens with one attached hydrogen (secondary N) is 2. The first kappa shape index (κ1) is 18.5. The zero-order chi connectivity index (χ0) is 15.7. The van der Waals surface area contributed by atoms with Gasteiger partial charge in [0.1, 0.15) is 5.01 Å². The first-order valence-electron chi connectivity index (χ1n) is 7.49. The molecule has 9 heteroatoms. The van der Waals surface area contributed by atoms with E-state index >= 15 is 0 Å². The molecule has 1 aliphatic heterocycles. The van der Waals surface area contributed by atoms with Crippen LogP contribution in [0, 0.1) is 5.92 Å². The van der Waals surface area contributed by atoms with Crippen LogP contribution in [0.25, 0.3) is 0 Å². The highest BCUT2D eigenvalue weighted by Crippen LogP contribution is 2.33. The standard InChI is InChI=1S/C14H18F3N3OS.ClH/c15-14(16,17)11-7-22-12(20-11)6-18-13(21)10-5-8-3-1-2-4-9(8)19-10;/h7-10,19H,1-6H2,(H,18,21);1H. The predicted octanol–water partition coefficient (Wildman–Crippen LogP) is 3.12. The van der Waals surface area contributed by atoms with Crippen LogP contribution in [0.3, 0.4) is 0 Å². The summed E-state index contributed by atoms with van der Waals surface area (Å²) in [5, 5.41) is 7.29. The van der Waals surface area contributed by atoms with Crippen LogP contribution in [0.1, 0.15) is 42.8 Å². The van der Waals surface area contributed by atoms with Gasteiger partial charge in [0.05, 0.1) is 12.6 Å². The van der Waals surface area contributed by atoms with E-state index in [4.69, 9.17) is 0 Å². The van der Waals surface area contributed by atoms with Crippen molar-refractivity contribution in [1.82, 2.24) is 15.6 Å². The van der Waals surface area contributed by atoms with Crippen molar-refractivity contribution in [3.8, 4) is 0 Å². The molecule has 0 spiro atoms. The van der Waals surface area contributed by atoms with Crippen LogP contribution < -0.4 is 10.6 Å². The van der Waals surface area contributed by atoms with Crippen molar-refractivity contribution in [3.05, 3.63) is 16.1 Å². The van der Waals surface area contributed by atoms with Gasteiger partial charge in [0.25, 0.3) is 0 Å². The number of hydrogen-bond donors (Lipinski definition) is 2. The fourth-order valence-electron chi connectivity index (χ4n) is 3.33. The van der Waals surface area contributed by atoms with E-state index in [0.717, 1.165) is 36.0 Å². The third-order valence-electron chi connectivity index (χ3n) is 4.44. The van der Waals surface area contributed by atoms with Gasteiger partial charge in [-0.25, -0.2) is 4.98 Å². The zero-order valence-corrected chi connectivity index (χ0v) is 14.0. The summed E-state index contributed by atoms with van der Waals surface area (Å²) in [6.45, 7) is 0.0487. The molecule has 2 fully saturated rings. The lowest BCUT2D eigenvalue weighted by Gasteiger charge is -2.24. The number of thiazole rings is 1. The van der Waals surface area contributed by atoms with Gasteiger partial charge in [-0.2, -0.15) is 13.2 Å². The minimum absolute atomic E-state index is 0. The van der Waals surface area contributed by atoms with E-state index in [1.165, 1.54) is 12.8 Å². The van der Waals surface area contributed by atoms with Crippen molar-refractivity contribution in [2.45, 2.75) is 56.9 Å². The Morgan fingerprint density at radius 2 is 2.13 bits per heavy atom. The molecule has 3 atom stereocenters. The molecule has 1 aromatic heterocycles. The summed E-state index contributed by atoms with van der Waals surface area (Å²) in [5.74, 6) is 0.416. The smallest absolute Gasteiger partial charge is 0.348 e. The molecule has 0 bridgehead atoms. The second-order valence-corrected chi connectivity index (χ2v) is 6.89. The van der Waals surface area contributed by atoms with Gasteiger partial charge in [0.2, 0.25) is 5.91 Å². The Hall–Kier alpha value is -0.860. The highest BCUT2D eigenvalue weighted by molar-refractivity contribution is 7.09. The summed E-state index contributed by atoms with van der Waals surface area (Å²) in [5.41, 5.74) is -0.897. The third-order valence-corrected chi connectivity index (χ3v) is 5.28. The number of halogens is 4. The summed E-state index contributed by atoms with van der Waals surface area (Å²) < 4.78 is 37.4. The molecule has 23 heavy (non-hydrogen) atoms. The summed E-state index contributed by atoms with van der Waals surface area (Å²) in [6, 6.07) is 0.191. The fourth-order valence-corrected chi connectivity index (χ4v) is 4.07. The maximum Gasteiger partial charge on any atom is 0.434 e. The molecule has 2 heterocycles. The summed E-state index contributed by atoms with van der Waals surface area (Å²) in [4.78, 5) is 15.7. The van der Waals surface area contributed by atoms with Gasteiger partial charge >= 0.3 is 6.18 Å². The molecule has 3 unspecified atom stereocenters. The number of carbonyl (C=O) groups excluding carboxylic acids is 1. The van der Waals surface area contributed by atoms with Gasteiger partial charge in [0, 0.05) is 11.4 Å². The normalized spacial score (nSPS) is 27.2. The van der Waals surface area contributed by atoms with Crippen molar-refractivity contribution in [1.29, 1.82) is 0 Å². The summed E-state index contributed by atoms with van der Waals surface area (Å²) in [6.07, 6.45) is 1.07. The average Bonchev–Trinajstić information content (AvgIpc) is 3.10. The van der Waals surface area contributed by atoms with E-state index in [1.807, 2.05) is 0 Å². The lowest BCUT2D eigenvalue weighted by atomic mass is 9.85. The minimum Gasteiger partial charge on any atom is -0.348 e. The van der Waals surface area contributed by atoms with Crippen molar-refractivity contribution in [2.75, 3.05) is 0 Å². The van der Waals surface area contributed by atoms with Crippen LogP contribution in [0.4, 0.5) is 13.2 Å². The maximum atomic E-state index is 12.5. The van der Waals surface area contributed by atoms with Gasteiger partial charge in [-0.3, -0.25) is 4.79 Å². The molecule has 1 aromatic rings. The Labute approximate surface area is 142 Å². The largest absolute Gasteiger partial charge is 0.434 e. The molecular formula is C14H19ClF3N3OS. The Kier molecular flexibility index (Phi) is 5.91. The molecule has 1 amide bonds. The lowest BCUT2D eigenvalue weighted by molar-refractivity contribution is -0.140. The van der Waals surface area contributed by atoms with Gasteiger partial charge in [-0.1, -0.05) is 12.8 Å². The molecule has 0 radical (unpaired) electrons. The molecule has 4 nitrogen and oxygen atoms in total. The first-order valence-corrected chi connectivity index (χ1v) is 8.37. The van der Waals surface area contributed by atoms with Crippen LogP contribution in [0.2, 0.25) is 0 Å². The first-order chi connectivity index (χ1) is 10.4. The topological polar surface area (TPSA) is 54.0 Å². The van der Waals surface area contributed by atoms with E-state index in [0.29, 0.717) is 12.0 Å². The van der Waals surface area contributed by atoms with Crippen molar-refractivity contribution < 1.29 is 18.0 Å². The number of amides is 1. The molecule has 0 aromatic carbocycles. The quantitative estimate of drug-likeness (QED) is 0.860. The second kappa shape index (κ2) is 7.36. The monoisotopic (exact) mass is 369 g/mol. The number of alkyl halides is 3. The minimum atomic E-state index is -4.43. The molecule has 3 rings (SSSR count). The van der Waals surface area contributed by atoms with Crippen LogP contribution in [-0.4, -0.2) is 23.0 Å². The van der Waals surface area contributed by atoms with Crippen LogP contribution >= 0.6 is 23.7 Å². The van der Waals surface area contributed by atoms with Crippen LogP contribution in [-0.2, 0) is 17.5 Å². The number of fused-ring (bicyclic) bond motifs is 1. The molecule has 130 valence electrons. The molecule has 1 aliphatic carbocycles. The second-order valence-electron chi connectivity index (χ2n) is 5.95. The summed E-state index contributed by atoms with van der Waals surface area (Å²) in [7, 11) is 0. The number of rotatable bonds is 3. The number of hydrogen-bond acceptors (Lipinski definition) is 4. The van der Waals surface area contributed by atoms with Gasteiger partial charge in [0.15, 0.2) is 5.69 Å². The zero-order valence-electron chi connectivity index (χ0n) is 12.4. The number of carbonyl (C=O) groups is 1. The van der Waals surface area contributed by atoms with E-state index in [9.17, 15) is 18.0 Å². The molecule has 1 saturated carbocycles. The van der Waals surface area contributed by atoms with Gasteiger partial charge < -0.3 is 10.6 Å². The predicted molar refractivity (Wildman–Crippen MR) is 83.5 cm³/mol. The summed E-state index contributed by atoms with van der Waals surface area (Å²) >= 11 is 0.915. The van der Waals surface area contributed by atoms with Gasteiger partial charge in [-0.15, -0.1) is 23.7 Å². The number of nitrogens with zero attached hydrogens (tertiary/aromatic N) is 1. The SMILES string of the molecule is Cl.O=C(NCc1nc(C(F)(F)F)cs1)C1CC2CCCCC2N1. The van der Waals surface area contributed by atoms with Crippen molar-refractivity contribution in [3.63, 3.8) is 0 Å². The van der Waals surface area contributed by atoms with E-state index in [-0.39, 0.29) is 35.9 Å². The molecular weight excluding hydrogens is 351 g/mol. The fraction of sp³-hybridized carbons (Fsp3) is 0.714. The Bertz CT molecular complexity index is 538. The Morgan fingerprint density at radius 3 is 2.78 bits per heavy atom. The average molecular weight is 370 g/mol. The Balaban J connectivity index is 0.00000192. The van der Waals surface area contributed by atoms with Crippen LogP contribution in [0.15, 0.2) is 5.38 Å². The van der Waals surface area contributed by atoms with E-state index in [1.54, 1.807) is 0 Å². The van der Waals surface area contributed by atoms with Crippen molar-refractivity contribution >= 4 is 29.7 Å². The van der Waals surface area contributed by atoms with Crippen molar-refractivity contribution in [2.24, 2.45) is 5.92 Å². The molecule has 2 N–H and O–H groups in total. The van der Waals surface area contributed by atoms with E-state index < -0.39 is 11.9 Å². The van der Waals surface area contributed by atoms with E-state index in [2.05, 4.69) is 15.6 Å². The highest BCUT2D eigenvalue weighted by Gasteiger charge is 2.38. The Morgan fingerprint density at radius 1 is 1.39 bits per heavy atom. The lowest BCUT2D eigenvalue weighted by Crippen LogP contribution is -2.42. The molecule has 2 aliphatic rings. The maximum absolute atomic E-state index is 12.5. The molecule has 1 saturated heterocycles.